The molecule has 21 heavy (non-hydrogen) atoms. The number of halogens is 1. The van der Waals surface area contributed by atoms with Crippen LogP contribution in [0, 0.1) is 17.0 Å². The Morgan fingerprint density at radius 1 is 1.33 bits per heavy atom. The predicted molar refractivity (Wildman–Crippen MR) is 82.8 cm³/mol. The van der Waals surface area contributed by atoms with Crippen LogP contribution in [0.3, 0.4) is 0 Å². The molecule has 1 amide bonds. The number of nitrogens with two attached hydrogens (primary N) is 1. The molecule has 1 aromatic rings. The minimum Gasteiger partial charge on any atom is -0.349 e. The zero-order valence-electron chi connectivity index (χ0n) is 11.9. The minimum atomic E-state index is -0.499. The molecule has 0 radical (unpaired) electrons. The molecule has 2 rings (SSSR count). The van der Waals surface area contributed by atoms with Gasteiger partial charge in [-0.3, -0.25) is 14.9 Å². The molecule has 1 saturated carbocycles. The molecule has 116 valence electrons. The number of nitrogens with zero attached hydrogens (tertiary/aromatic N) is 1. The van der Waals surface area contributed by atoms with Crippen molar-refractivity contribution in [2.75, 3.05) is 0 Å². The smallest absolute Gasteiger partial charge is 0.285 e. The number of rotatable bonds is 3. The summed E-state index contributed by atoms with van der Waals surface area (Å²) in [7, 11) is 0. The van der Waals surface area contributed by atoms with Gasteiger partial charge in [-0.2, -0.15) is 0 Å². The number of aryl methyl sites for hydroxylation is 1. The standard InChI is InChI=1S/C14H19N3O3.ClH/c1-9-3-2-4-12(13(9)17(19)20)14(18)16-11-7-5-10(15)6-8-11;/h2-4,10-11H,5-8,15H2,1H3,(H,16,18);1H. The summed E-state index contributed by atoms with van der Waals surface area (Å²) in [5.74, 6) is -0.374. The van der Waals surface area contributed by atoms with E-state index in [0.29, 0.717) is 5.56 Å². The lowest BCUT2D eigenvalue weighted by molar-refractivity contribution is -0.385. The van der Waals surface area contributed by atoms with Crippen LogP contribution in [0.25, 0.3) is 0 Å². The van der Waals surface area contributed by atoms with Crippen molar-refractivity contribution in [2.45, 2.75) is 44.7 Å². The molecule has 0 heterocycles. The molecular formula is C14H20ClN3O3. The van der Waals surface area contributed by atoms with Crippen LogP contribution < -0.4 is 11.1 Å². The topological polar surface area (TPSA) is 98.3 Å². The number of para-hydroxylation sites is 1. The number of carbonyl (C=O) groups is 1. The summed E-state index contributed by atoms with van der Waals surface area (Å²) in [5, 5.41) is 14.0. The minimum absolute atomic E-state index is 0. The molecule has 0 unspecified atom stereocenters. The molecule has 3 N–H and O–H groups in total. The van der Waals surface area contributed by atoms with Gasteiger partial charge in [0.15, 0.2) is 0 Å². The van der Waals surface area contributed by atoms with E-state index in [9.17, 15) is 14.9 Å². The van der Waals surface area contributed by atoms with Gasteiger partial charge in [0.25, 0.3) is 11.6 Å². The fourth-order valence-electron chi connectivity index (χ4n) is 2.61. The van der Waals surface area contributed by atoms with Gasteiger partial charge in [-0.05, 0) is 38.7 Å². The predicted octanol–water partition coefficient (Wildman–Crippen LogP) is 2.32. The van der Waals surface area contributed by atoms with Crippen LogP contribution in [-0.4, -0.2) is 22.9 Å². The number of nitro groups is 1. The zero-order chi connectivity index (χ0) is 14.7. The van der Waals surface area contributed by atoms with Crippen LogP contribution in [0.1, 0.15) is 41.6 Å². The number of carbonyl (C=O) groups excluding carboxylic acids is 1. The summed E-state index contributed by atoms with van der Waals surface area (Å²) in [6.45, 7) is 1.63. The van der Waals surface area contributed by atoms with Crippen molar-refractivity contribution >= 4 is 24.0 Å². The maximum absolute atomic E-state index is 12.2. The highest BCUT2D eigenvalue weighted by atomic mass is 35.5. The molecule has 6 nitrogen and oxygen atoms in total. The van der Waals surface area contributed by atoms with Gasteiger partial charge in [0.05, 0.1) is 4.92 Å². The average molecular weight is 314 g/mol. The van der Waals surface area contributed by atoms with Crippen LogP contribution >= 0.6 is 12.4 Å². The first-order valence-corrected chi connectivity index (χ1v) is 6.79. The van der Waals surface area contributed by atoms with Crippen molar-refractivity contribution < 1.29 is 9.72 Å². The Hall–Kier alpha value is -1.66. The molecule has 1 aliphatic carbocycles. The van der Waals surface area contributed by atoms with Gasteiger partial charge in [0, 0.05) is 17.6 Å². The lowest BCUT2D eigenvalue weighted by Gasteiger charge is -2.26. The molecule has 0 aliphatic heterocycles. The average Bonchev–Trinajstić information content (AvgIpc) is 2.40. The summed E-state index contributed by atoms with van der Waals surface area (Å²) >= 11 is 0. The van der Waals surface area contributed by atoms with E-state index in [1.165, 1.54) is 6.07 Å². The molecule has 0 spiro atoms. The number of hydrogen-bond donors (Lipinski definition) is 2. The Bertz CT molecular complexity index is 528. The van der Waals surface area contributed by atoms with E-state index in [1.54, 1.807) is 19.1 Å². The van der Waals surface area contributed by atoms with Crippen molar-refractivity contribution in [1.29, 1.82) is 0 Å². The third-order valence-electron chi connectivity index (χ3n) is 3.77. The van der Waals surface area contributed by atoms with Gasteiger partial charge in [-0.1, -0.05) is 12.1 Å². The van der Waals surface area contributed by atoms with Gasteiger partial charge in [0.2, 0.25) is 0 Å². The van der Waals surface area contributed by atoms with Gasteiger partial charge < -0.3 is 11.1 Å². The Labute approximate surface area is 129 Å². The van der Waals surface area contributed by atoms with Crippen LogP contribution in [0.4, 0.5) is 5.69 Å². The van der Waals surface area contributed by atoms with Gasteiger partial charge >= 0.3 is 0 Å². The maximum Gasteiger partial charge on any atom is 0.285 e. The van der Waals surface area contributed by atoms with Crippen LogP contribution in [0.5, 0.6) is 0 Å². The lowest BCUT2D eigenvalue weighted by atomic mass is 9.91. The SMILES string of the molecule is Cc1cccc(C(=O)NC2CCC(N)CC2)c1[N+](=O)[O-].Cl. The summed E-state index contributed by atoms with van der Waals surface area (Å²) in [4.78, 5) is 22.8. The van der Waals surface area contributed by atoms with Crippen molar-refractivity contribution in [1.82, 2.24) is 5.32 Å². The molecule has 1 aliphatic rings. The van der Waals surface area contributed by atoms with Gasteiger partial charge in [-0.25, -0.2) is 0 Å². The highest BCUT2D eigenvalue weighted by molar-refractivity contribution is 5.98. The molecule has 7 heteroatoms. The Morgan fingerprint density at radius 2 is 1.95 bits per heavy atom. The van der Waals surface area contributed by atoms with E-state index in [4.69, 9.17) is 5.73 Å². The Morgan fingerprint density at radius 3 is 2.52 bits per heavy atom. The van der Waals surface area contributed by atoms with E-state index in [0.717, 1.165) is 25.7 Å². The molecule has 0 aromatic heterocycles. The highest BCUT2D eigenvalue weighted by Gasteiger charge is 2.25. The second kappa shape index (κ2) is 7.38. The first kappa shape index (κ1) is 17.4. The normalized spacial score (nSPS) is 21.2. The number of amides is 1. The van der Waals surface area contributed by atoms with E-state index in [2.05, 4.69) is 5.32 Å². The third-order valence-corrected chi connectivity index (χ3v) is 3.77. The number of nitro benzene ring substituents is 1. The molecular weight excluding hydrogens is 294 g/mol. The van der Waals surface area contributed by atoms with Crippen molar-refractivity contribution in [3.05, 3.63) is 39.4 Å². The lowest BCUT2D eigenvalue weighted by Crippen LogP contribution is -2.40. The molecule has 0 saturated heterocycles. The summed E-state index contributed by atoms with van der Waals surface area (Å²) < 4.78 is 0. The van der Waals surface area contributed by atoms with Gasteiger partial charge in [0.1, 0.15) is 5.56 Å². The first-order valence-electron chi connectivity index (χ1n) is 6.79. The Kier molecular flexibility index (Phi) is 6.11. The van der Waals surface area contributed by atoms with Crippen LogP contribution in [0.2, 0.25) is 0 Å². The van der Waals surface area contributed by atoms with Crippen LogP contribution in [-0.2, 0) is 0 Å². The quantitative estimate of drug-likeness (QED) is 0.661. The molecule has 0 atom stereocenters. The Balaban J connectivity index is 0.00000220. The van der Waals surface area contributed by atoms with Crippen LogP contribution in [0.15, 0.2) is 18.2 Å². The second-order valence-corrected chi connectivity index (χ2v) is 5.31. The second-order valence-electron chi connectivity index (χ2n) is 5.31. The number of benzene rings is 1. The summed E-state index contributed by atoms with van der Waals surface area (Å²) in [5.41, 5.74) is 6.33. The van der Waals surface area contributed by atoms with E-state index >= 15 is 0 Å². The summed E-state index contributed by atoms with van der Waals surface area (Å²) in [6, 6.07) is 5.05. The zero-order valence-corrected chi connectivity index (χ0v) is 12.7. The number of nitrogens with one attached hydrogen (secondary N) is 1. The fraction of sp³-hybridized carbons (Fsp3) is 0.500. The van der Waals surface area contributed by atoms with Crippen molar-refractivity contribution in [3.8, 4) is 0 Å². The van der Waals surface area contributed by atoms with E-state index < -0.39 is 4.92 Å². The van der Waals surface area contributed by atoms with Gasteiger partial charge in [-0.15, -0.1) is 12.4 Å². The largest absolute Gasteiger partial charge is 0.349 e. The molecule has 0 bridgehead atoms. The number of hydrogen-bond acceptors (Lipinski definition) is 4. The molecule has 1 aromatic carbocycles. The van der Waals surface area contributed by atoms with E-state index in [-0.39, 0.29) is 41.6 Å². The highest BCUT2D eigenvalue weighted by Crippen LogP contribution is 2.24. The first-order chi connectivity index (χ1) is 9.49. The van der Waals surface area contributed by atoms with E-state index in [1.807, 2.05) is 0 Å². The third kappa shape index (κ3) is 4.15. The summed E-state index contributed by atoms with van der Waals surface area (Å²) in [6.07, 6.45) is 3.40. The monoisotopic (exact) mass is 313 g/mol. The maximum atomic E-state index is 12.2. The van der Waals surface area contributed by atoms with Crippen molar-refractivity contribution in [2.24, 2.45) is 5.73 Å². The molecule has 1 fully saturated rings. The van der Waals surface area contributed by atoms with Crippen molar-refractivity contribution in [3.63, 3.8) is 0 Å². The fourth-order valence-corrected chi connectivity index (χ4v) is 2.61.